The third-order valence-corrected chi connectivity index (χ3v) is 2.80. The van der Waals surface area contributed by atoms with E-state index in [2.05, 4.69) is 37.6 Å². The molecule has 1 aromatic rings. The Morgan fingerprint density at radius 2 is 2.00 bits per heavy atom. The molecule has 1 aromatic heterocycles. The van der Waals surface area contributed by atoms with Crippen molar-refractivity contribution in [3.63, 3.8) is 0 Å². The predicted molar refractivity (Wildman–Crippen MR) is 71.1 cm³/mol. The summed E-state index contributed by atoms with van der Waals surface area (Å²) in [5, 5.41) is 0. The second-order valence-electron chi connectivity index (χ2n) is 4.91. The van der Waals surface area contributed by atoms with Crippen LogP contribution in [0.25, 0.3) is 0 Å². The number of pyridine rings is 1. The molecule has 0 aliphatic heterocycles. The topological polar surface area (TPSA) is 16.1 Å². The van der Waals surface area contributed by atoms with Gasteiger partial charge in [0.1, 0.15) is 11.6 Å². The first kappa shape index (κ1) is 14.2. The Morgan fingerprint density at radius 1 is 1.35 bits per heavy atom. The molecule has 0 aromatic carbocycles. The maximum absolute atomic E-state index is 13.1. The molecule has 0 unspecified atom stereocenters. The number of nitrogens with zero attached hydrogens (tertiary/aromatic N) is 2. The number of alkyl halides is 1. The Bertz CT molecular complexity index is 366. The molecule has 2 nitrogen and oxygen atoms in total. The number of anilines is 1. The van der Waals surface area contributed by atoms with E-state index in [0.29, 0.717) is 12.0 Å². The van der Waals surface area contributed by atoms with Crippen LogP contribution < -0.4 is 4.90 Å². The van der Waals surface area contributed by atoms with Gasteiger partial charge in [-0.3, -0.25) is 0 Å². The molecule has 0 atom stereocenters. The van der Waals surface area contributed by atoms with Crippen LogP contribution in [0, 0.1) is 11.7 Å². The van der Waals surface area contributed by atoms with E-state index in [9.17, 15) is 4.39 Å². The number of hydrogen-bond acceptors (Lipinski definition) is 2. The van der Waals surface area contributed by atoms with Crippen LogP contribution in [0.15, 0.2) is 12.3 Å². The lowest BCUT2D eigenvalue weighted by Crippen LogP contribution is -2.35. The van der Waals surface area contributed by atoms with Gasteiger partial charge in [-0.05, 0) is 25.8 Å². The van der Waals surface area contributed by atoms with Crippen molar-refractivity contribution in [2.24, 2.45) is 5.92 Å². The third kappa shape index (κ3) is 3.84. The molecular weight excluding hydrogens is 239 g/mol. The first-order valence-electron chi connectivity index (χ1n) is 5.92. The van der Waals surface area contributed by atoms with E-state index in [1.54, 1.807) is 0 Å². The van der Waals surface area contributed by atoms with Crippen LogP contribution in [0.1, 0.15) is 33.3 Å². The third-order valence-electron chi connectivity index (χ3n) is 2.51. The van der Waals surface area contributed by atoms with E-state index < -0.39 is 0 Å². The SMILES string of the molecule is CC(C)CN(c1ncc(F)cc1CCl)C(C)C. The number of aromatic nitrogens is 1. The highest BCUT2D eigenvalue weighted by Gasteiger charge is 2.17. The molecular formula is C13H20ClFN2. The minimum Gasteiger partial charge on any atom is -0.354 e. The Labute approximate surface area is 108 Å². The normalized spacial score (nSPS) is 11.3. The molecule has 1 heterocycles. The van der Waals surface area contributed by atoms with Gasteiger partial charge in [0, 0.05) is 18.2 Å². The Balaban J connectivity index is 3.08. The van der Waals surface area contributed by atoms with E-state index >= 15 is 0 Å². The molecule has 0 saturated heterocycles. The van der Waals surface area contributed by atoms with Crippen molar-refractivity contribution in [1.82, 2.24) is 4.98 Å². The lowest BCUT2D eigenvalue weighted by Gasteiger charge is -2.31. The van der Waals surface area contributed by atoms with Gasteiger partial charge in [0.05, 0.1) is 12.1 Å². The average molecular weight is 259 g/mol. The summed E-state index contributed by atoms with van der Waals surface area (Å²) in [6, 6.07) is 1.78. The fourth-order valence-corrected chi connectivity index (χ4v) is 1.96. The summed E-state index contributed by atoms with van der Waals surface area (Å²) < 4.78 is 13.1. The van der Waals surface area contributed by atoms with Crippen LogP contribution >= 0.6 is 11.6 Å². The molecule has 4 heteroatoms. The second kappa shape index (κ2) is 6.20. The molecule has 0 N–H and O–H groups in total. The smallest absolute Gasteiger partial charge is 0.141 e. The molecule has 0 radical (unpaired) electrons. The highest BCUT2D eigenvalue weighted by atomic mass is 35.5. The molecule has 1 rings (SSSR count). The molecule has 0 aliphatic rings. The van der Waals surface area contributed by atoms with Crippen LogP contribution in [0.5, 0.6) is 0 Å². The minimum atomic E-state index is -0.336. The summed E-state index contributed by atoms with van der Waals surface area (Å²) in [6.45, 7) is 9.40. The van der Waals surface area contributed by atoms with Crippen molar-refractivity contribution in [3.8, 4) is 0 Å². The monoisotopic (exact) mass is 258 g/mol. The van der Waals surface area contributed by atoms with Gasteiger partial charge in [-0.1, -0.05) is 13.8 Å². The van der Waals surface area contributed by atoms with Gasteiger partial charge >= 0.3 is 0 Å². The van der Waals surface area contributed by atoms with Crippen molar-refractivity contribution < 1.29 is 4.39 Å². The maximum atomic E-state index is 13.1. The standard InChI is InChI=1S/C13H20ClFN2/c1-9(2)8-17(10(3)4)13-11(6-14)5-12(15)7-16-13/h5,7,9-10H,6,8H2,1-4H3. The summed E-state index contributed by atoms with van der Waals surface area (Å²) in [6.07, 6.45) is 1.25. The van der Waals surface area contributed by atoms with Gasteiger partial charge in [0.15, 0.2) is 0 Å². The van der Waals surface area contributed by atoms with Crippen molar-refractivity contribution in [2.45, 2.75) is 39.6 Å². The molecule has 0 amide bonds. The molecule has 96 valence electrons. The van der Waals surface area contributed by atoms with Gasteiger partial charge in [-0.15, -0.1) is 11.6 Å². The molecule has 0 bridgehead atoms. The predicted octanol–water partition coefficient (Wildman–Crippen LogP) is 3.83. The van der Waals surface area contributed by atoms with Gasteiger partial charge in [-0.2, -0.15) is 0 Å². The summed E-state index contributed by atoms with van der Waals surface area (Å²) in [5.41, 5.74) is 0.751. The zero-order chi connectivity index (χ0) is 13.0. The van der Waals surface area contributed by atoms with Crippen molar-refractivity contribution in [2.75, 3.05) is 11.4 Å². The van der Waals surface area contributed by atoms with Gasteiger partial charge in [0.2, 0.25) is 0 Å². The van der Waals surface area contributed by atoms with Gasteiger partial charge in [-0.25, -0.2) is 9.37 Å². The summed E-state index contributed by atoms with van der Waals surface area (Å²) in [5.74, 6) is 1.26. The van der Waals surface area contributed by atoms with Crippen molar-refractivity contribution in [3.05, 3.63) is 23.6 Å². The molecule has 17 heavy (non-hydrogen) atoms. The van der Waals surface area contributed by atoms with Crippen LogP contribution in [-0.4, -0.2) is 17.6 Å². The molecule has 0 aliphatic carbocycles. The average Bonchev–Trinajstić information content (AvgIpc) is 2.25. The van der Waals surface area contributed by atoms with Crippen LogP contribution in [0.3, 0.4) is 0 Å². The fourth-order valence-electron chi connectivity index (χ4n) is 1.77. The Kier molecular flexibility index (Phi) is 5.19. The quantitative estimate of drug-likeness (QED) is 0.747. The fraction of sp³-hybridized carbons (Fsp3) is 0.615. The Morgan fingerprint density at radius 3 is 2.47 bits per heavy atom. The summed E-state index contributed by atoms with van der Waals surface area (Å²) in [4.78, 5) is 6.36. The summed E-state index contributed by atoms with van der Waals surface area (Å²) in [7, 11) is 0. The largest absolute Gasteiger partial charge is 0.354 e. The maximum Gasteiger partial charge on any atom is 0.141 e. The Hall–Kier alpha value is -0.830. The van der Waals surface area contributed by atoms with Crippen molar-refractivity contribution in [1.29, 1.82) is 0 Å². The number of rotatable bonds is 5. The van der Waals surface area contributed by atoms with Crippen LogP contribution in [-0.2, 0) is 5.88 Å². The van der Waals surface area contributed by atoms with Crippen molar-refractivity contribution >= 4 is 17.4 Å². The van der Waals surface area contributed by atoms with E-state index in [1.165, 1.54) is 12.3 Å². The lowest BCUT2D eigenvalue weighted by molar-refractivity contribution is 0.561. The van der Waals surface area contributed by atoms with E-state index in [-0.39, 0.29) is 11.7 Å². The first-order chi connectivity index (χ1) is 7.95. The minimum absolute atomic E-state index is 0.279. The highest BCUT2D eigenvalue weighted by molar-refractivity contribution is 6.17. The van der Waals surface area contributed by atoms with Crippen LogP contribution in [0.2, 0.25) is 0 Å². The van der Waals surface area contributed by atoms with E-state index in [4.69, 9.17) is 11.6 Å². The lowest BCUT2D eigenvalue weighted by atomic mass is 10.1. The first-order valence-corrected chi connectivity index (χ1v) is 6.46. The summed E-state index contributed by atoms with van der Waals surface area (Å²) >= 11 is 5.86. The second-order valence-corrected chi connectivity index (χ2v) is 5.18. The molecule has 0 saturated carbocycles. The van der Waals surface area contributed by atoms with E-state index in [1.807, 2.05) is 0 Å². The molecule has 0 fully saturated rings. The van der Waals surface area contributed by atoms with Gasteiger partial charge in [0.25, 0.3) is 0 Å². The highest BCUT2D eigenvalue weighted by Crippen LogP contribution is 2.23. The molecule has 0 spiro atoms. The van der Waals surface area contributed by atoms with E-state index in [0.717, 1.165) is 17.9 Å². The zero-order valence-electron chi connectivity index (χ0n) is 10.9. The van der Waals surface area contributed by atoms with Crippen LogP contribution in [0.4, 0.5) is 10.2 Å². The number of halogens is 2. The number of hydrogen-bond donors (Lipinski definition) is 0. The zero-order valence-corrected chi connectivity index (χ0v) is 11.6. The van der Waals surface area contributed by atoms with Gasteiger partial charge < -0.3 is 4.90 Å².